The van der Waals surface area contributed by atoms with E-state index in [-0.39, 0.29) is 17.4 Å². The van der Waals surface area contributed by atoms with E-state index >= 15 is 0 Å². The third-order valence-corrected chi connectivity index (χ3v) is 2.74. The average molecular weight is 267 g/mol. The second-order valence-electron chi connectivity index (χ2n) is 5.95. The highest BCUT2D eigenvalue weighted by molar-refractivity contribution is 5.97. The van der Waals surface area contributed by atoms with Gasteiger partial charge < -0.3 is 10.1 Å². The average Bonchev–Trinajstić information content (AvgIpc) is 2.70. The zero-order chi connectivity index (χ0) is 14.6. The third-order valence-electron chi connectivity index (χ3n) is 2.74. The van der Waals surface area contributed by atoms with Crippen molar-refractivity contribution < 1.29 is 9.53 Å². The molecule has 0 fully saturated rings. The van der Waals surface area contributed by atoms with Crippen LogP contribution < -0.4 is 10.1 Å². The number of hydrogen-bond acceptors (Lipinski definition) is 4. The zero-order valence-electron chi connectivity index (χ0n) is 12.8. The van der Waals surface area contributed by atoms with E-state index in [0.29, 0.717) is 24.4 Å². The van der Waals surface area contributed by atoms with Gasteiger partial charge in [-0.15, -0.1) is 0 Å². The Morgan fingerprint density at radius 1 is 1.47 bits per heavy atom. The molecule has 0 radical (unpaired) electrons. The van der Waals surface area contributed by atoms with Gasteiger partial charge in [-0.2, -0.15) is 5.10 Å². The first kappa shape index (κ1) is 15.7. The van der Waals surface area contributed by atoms with E-state index in [9.17, 15) is 4.79 Å². The van der Waals surface area contributed by atoms with Crippen molar-refractivity contribution in [3.8, 4) is 5.75 Å². The van der Waals surface area contributed by atoms with E-state index in [1.54, 1.807) is 18.0 Å². The number of ether oxygens (including phenoxy) is 1. The van der Waals surface area contributed by atoms with Gasteiger partial charge in [0, 0.05) is 24.5 Å². The third kappa shape index (κ3) is 4.35. The van der Waals surface area contributed by atoms with Crippen LogP contribution >= 0.6 is 0 Å². The molecule has 1 rings (SSSR count). The van der Waals surface area contributed by atoms with Gasteiger partial charge in [0.2, 0.25) is 0 Å². The minimum atomic E-state index is 0.0165. The molecular weight excluding hydrogens is 242 g/mol. The molecule has 0 amide bonds. The first-order chi connectivity index (χ1) is 8.76. The molecule has 0 aromatic carbocycles. The molecule has 1 aromatic heterocycles. The highest BCUT2D eigenvalue weighted by Gasteiger charge is 2.21. The number of rotatable bonds is 6. The van der Waals surface area contributed by atoms with Gasteiger partial charge in [-0.3, -0.25) is 9.48 Å². The highest BCUT2D eigenvalue weighted by atomic mass is 16.5. The molecule has 19 heavy (non-hydrogen) atoms. The van der Waals surface area contributed by atoms with E-state index in [1.165, 1.54) is 0 Å². The van der Waals surface area contributed by atoms with Crippen LogP contribution in [0.15, 0.2) is 6.20 Å². The number of hydrogen-bond donors (Lipinski definition) is 1. The number of ketones is 1. The SMILES string of the molecule is COc1cnn(C(C)C)c1C(=O)CCNC(C)(C)C. The first-order valence-electron chi connectivity index (χ1n) is 6.66. The standard InChI is InChI=1S/C14H25N3O2/c1-10(2)17-13(12(19-6)9-16-17)11(18)7-8-15-14(3,4)5/h9-10,15H,7-8H2,1-6H3. The highest BCUT2D eigenvalue weighted by Crippen LogP contribution is 2.22. The molecule has 0 aliphatic carbocycles. The van der Waals surface area contributed by atoms with Crippen molar-refractivity contribution in [1.29, 1.82) is 0 Å². The molecular formula is C14H25N3O2. The van der Waals surface area contributed by atoms with Crippen molar-refractivity contribution >= 4 is 5.78 Å². The molecule has 108 valence electrons. The topological polar surface area (TPSA) is 56.2 Å². The summed E-state index contributed by atoms with van der Waals surface area (Å²) in [7, 11) is 1.56. The van der Waals surface area contributed by atoms with Crippen LogP contribution in [0, 0.1) is 0 Å². The molecule has 5 heteroatoms. The molecule has 5 nitrogen and oxygen atoms in total. The molecule has 0 bridgehead atoms. The van der Waals surface area contributed by atoms with E-state index in [4.69, 9.17) is 4.74 Å². The lowest BCUT2D eigenvalue weighted by atomic mass is 10.1. The Bertz CT molecular complexity index is 430. The van der Waals surface area contributed by atoms with Crippen LogP contribution in [0.2, 0.25) is 0 Å². The first-order valence-corrected chi connectivity index (χ1v) is 6.66. The number of methoxy groups -OCH3 is 1. The van der Waals surface area contributed by atoms with Crippen LogP contribution in [0.3, 0.4) is 0 Å². The molecule has 0 spiro atoms. The van der Waals surface area contributed by atoms with Gasteiger partial charge in [0.05, 0.1) is 13.3 Å². The lowest BCUT2D eigenvalue weighted by Crippen LogP contribution is -2.37. The monoisotopic (exact) mass is 267 g/mol. The number of nitrogens with one attached hydrogen (secondary N) is 1. The summed E-state index contributed by atoms with van der Waals surface area (Å²) in [4.78, 5) is 12.3. The van der Waals surface area contributed by atoms with Crippen molar-refractivity contribution in [1.82, 2.24) is 15.1 Å². The van der Waals surface area contributed by atoms with Gasteiger partial charge in [-0.1, -0.05) is 0 Å². The van der Waals surface area contributed by atoms with Gasteiger partial charge in [0.1, 0.15) is 5.69 Å². The van der Waals surface area contributed by atoms with E-state index in [2.05, 4.69) is 31.2 Å². The molecule has 0 aliphatic heterocycles. The fourth-order valence-corrected chi connectivity index (χ4v) is 1.82. The maximum absolute atomic E-state index is 12.3. The van der Waals surface area contributed by atoms with Gasteiger partial charge in [0.15, 0.2) is 11.5 Å². The molecule has 0 unspecified atom stereocenters. The van der Waals surface area contributed by atoms with Gasteiger partial charge in [-0.25, -0.2) is 0 Å². The zero-order valence-corrected chi connectivity index (χ0v) is 12.8. The summed E-state index contributed by atoms with van der Waals surface area (Å²) in [5.41, 5.74) is 0.580. The van der Waals surface area contributed by atoms with Crippen LogP contribution in [0.5, 0.6) is 5.75 Å². The number of nitrogens with zero attached hydrogens (tertiary/aromatic N) is 2. The summed E-state index contributed by atoms with van der Waals surface area (Å²) in [6.07, 6.45) is 2.04. The lowest BCUT2D eigenvalue weighted by Gasteiger charge is -2.20. The second kappa shape index (κ2) is 6.19. The van der Waals surface area contributed by atoms with Gasteiger partial charge >= 0.3 is 0 Å². The fourth-order valence-electron chi connectivity index (χ4n) is 1.82. The van der Waals surface area contributed by atoms with E-state index in [1.807, 2.05) is 13.8 Å². The molecule has 0 aliphatic rings. The molecule has 0 atom stereocenters. The summed E-state index contributed by atoms with van der Waals surface area (Å²) in [5.74, 6) is 0.606. The Balaban J connectivity index is 2.78. The normalized spacial score (nSPS) is 11.9. The largest absolute Gasteiger partial charge is 0.493 e. The van der Waals surface area contributed by atoms with Crippen molar-refractivity contribution in [2.45, 2.75) is 52.6 Å². The Morgan fingerprint density at radius 2 is 2.11 bits per heavy atom. The van der Waals surface area contributed by atoms with Crippen molar-refractivity contribution in [3.05, 3.63) is 11.9 Å². The number of Topliss-reactive ketones (excluding diaryl/α,β-unsaturated/α-hetero) is 1. The Hall–Kier alpha value is -1.36. The minimum Gasteiger partial charge on any atom is -0.493 e. The minimum absolute atomic E-state index is 0.0165. The molecule has 1 N–H and O–H groups in total. The number of aromatic nitrogens is 2. The predicted molar refractivity (Wildman–Crippen MR) is 75.9 cm³/mol. The molecule has 1 heterocycles. The maximum Gasteiger partial charge on any atom is 0.185 e. The summed E-state index contributed by atoms with van der Waals surface area (Å²) in [6.45, 7) is 10.9. The summed E-state index contributed by atoms with van der Waals surface area (Å²) in [5, 5.41) is 7.52. The van der Waals surface area contributed by atoms with Gasteiger partial charge in [0.25, 0.3) is 0 Å². The van der Waals surface area contributed by atoms with Crippen molar-refractivity contribution in [2.24, 2.45) is 0 Å². The van der Waals surface area contributed by atoms with Crippen LogP contribution in [-0.2, 0) is 0 Å². The van der Waals surface area contributed by atoms with Crippen molar-refractivity contribution in [2.75, 3.05) is 13.7 Å². The molecule has 0 saturated carbocycles. The Labute approximate surface area is 115 Å². The summed E-state index contributed by atoms with van der Waals surface area (Å²) < 4.78 is 6.94. The second-order valence-corrected chi connectivity index (χ2v) is 5.95. The predicted octanol–water partition coefficient (Wildman–Crippen LogP) is 2.43. The lowest BCUT2D eigenvalue weighted by molar-refractivity contribution is 0.0965. The van der Waals surface area contributed by atoms with E-state index < -0.39 is 0 Å². The Morgan fingerprint density at radius 3 is 2.58 bits per heavy atom. The summed E-state index contributed by atoms with van der Waals surface area (Å²) >= 11 is 0. The number of carbonyl (C=O) groups is 1. The quantitative estimate of drug-likeness (QED) is 0.804. The van der Waals surface area contributed by atoms with Crippen molar-refractivity contribution in [3.63, 3.8) is 0 Å². The van der Waals surface area contributed by atoms with E-state index in [0.717, 1.165) is 0 Å². The van der Waals surface area contributed by atoms with Crippen LogP contribution in [0.25, 0.3) is 0 Å². The molecule has 1 aromatic rings. The summed E-state index contributed by atoms with van der Waals surface area (Å²) in [6, 6.07) is 0.137. The van der Waals surface area contributed by atoms with Gasteiger partial charge in [-0.05, 0) is 34.6 Å². The Kier molecular flexibility index (Phi) is 5.11. The molecule has 0 saturated heterocycles. The van der Waals surface area contributed by atoms with Crippen LogP contribution in [0.4, 0.5) is 0 Å². The fraction of sp³-hybridized carbons (Fsp3) is 0.714. The van der Waals surface area contributed by atoms with Crippen LogP contribution in [-0.4, -0.2) is 34.8 Å². The number of carbonyl (C=O) groups excluding carboxylic acids is 1. The van der Waals surface area contributed by atoms with Crippen LogP contribution in [0.1, 0.15) is 57.6 Å². The maximum atomic E-state index is 12.3. The smallest absolute Gasteiger partial charge is 0.185 e.